The van der Waals surface area contributed by atoms with Crippen molar-refractivity contribution < 1.29 is 4.79 Å². The van der Waals surface area contributed by atoms with Crippen LogP contribution < -0.4 is 5.32 Å². The highest BCUT2D eigenvalue weighted by Crippen LogP contribution is 2.14. The van der Waals surface area contributed by atoms with Gasteiger partial charge in [0.2, 0.25) is 0 Å². The van der Waals surface area contributed by atoms with Gasteiger partial charge >= 0.3 is 0 Å². The highest BCUT2D eigenvalue weighted by Gasteiger charge is 2.12. The number of nitrogens with zero attached hydrogens (tertiary/aromatic N) is 4. The van der Waals surface area contributed by atoms with Crippen molar-refractivity contribution in [1.82, 2.24) is 24.5 Å². The third-order valence-corrected chi connectivity index (χ3v) is 4.05. The van der Waals surface area contributed by atoms with Crippen molar-refractivity contribution in [2.24, 2.45) is 0 Å². The van der Waals surface area contributed by atoms with E-state index in [0.29, 0.717) is 18.5 Å². The molecule has 0 bridgehead atoms. The van der Waals surface area contributed by atoms with Crippen LogP contribution in [-0.4, -0.2) is 31.6 Å². The minimum Gasteiger partial charge on any atom is -0.352 e. The number of para-hydroxylation sites is 1. The molecule has 124 valence electrons. The smallest absolute Gasteiger partial charge is 0.253 e. The molecule has 1 aromatic carbocycles. The van der Waals surface area contributed by atoms with Crippen LogP contribution in [-0.2, 0) is 6.42 Å². The normalized spacial score (nSPS) is 10.9. The van der Waals surface area contributed by atoms with E-state index in [0.717, 1.165) is 17.2 Å². The second-order valence-corrected chi connectivity index (χ2v) is 5.66. The zero-order valence-corrected chi connectivity index (χ0v) is 13.5. The molecule has 0 saturated heterocycles. The van der Waals surface area contributed by atoms with Gasteiger partial charge in [-0.25, -0.2) is 0 Å². The van der Waals surface area contributed by atoms with Gasteiger partial charge in [0.25, 0.3) is 5.91 Å². The van der Waals surface area contributed by atoms with Gasteiger partial charge in [0, 0.05) is 31.6 Å². The minimum atomic E-state index is -0.0990. The summed E-state index contributed by atoms with van der Waals surface area (Å²) in [6.45, 7) is 0.495. The number of carbonyl (C=O) groups excluding carboxylic acids is 1. The summed E-state index contributed by atoms with van der Waals surface area (Å²) in [6, 6.07) is 17.2. The number of fused-ring (bicyclic) bond motifs is 1. The van der Waals surface area contributed by atoms with Gasteiger partial charge in [0.15, 0.2) is 5.65 Å². The molecule has 25 heavy (non-hydrogen) atoms. The molecule has 0 radical (unpaired) electrons. The van der Waals surface area contributed by atoms with Gasteiger partial charge in [0.1, 0.15) is 5.82 Å². The molecule has 0 spiro atoms. The van der Waals surface area contributed by atoms with E-state index >= 15 is 0 Å². The lowest BCUT2D eigenvalue weighted by Gasteiger charge is -2.10. The van der Waals surface area contributed by atoms with Crippen LogP contribution in [0.2, 0.25) is 0 Å². The van der Waals surface area contributed by atoms with E-state index in [9.17, 15) is 4.79 Å². The molecule has 6 nitrogen and oxygen atoms in total. The molecule has 4 rings (SSSR count). The first-order chi connectivity index (χ1) is 12.3. The number of nitrogens with one attached hydrogen (secondary N) is 1. The number of hydrogen-bond acceptors (Lipinski definition) is 3. The van der Waals surface area contributed by atoms with E-state index in [-0.39, 0.29) is 5.91 Å². The largest absolute Gasteiger partial charge is 0.352 e. The maximum Gasteiger partial charge on any atom is 0.253 e. The van der Waals surface area contributed by atoms with Crippen LogP contribution >= 0.6 is 0 Å². The molecule has 0 aliphatic rings. The monoisotopic (exact) mass is 331 g/mol. The molecule has 0 atom stereocenters. The molecule has 0 aliphatic carbocycles. The Hall–Kier alpha value is -3.41. The van der Waals surface area contributed by atoms with Crippen molar-refractivity contribution in [2.75, 3.05) is 6.54 Å². The Labute approximate surface area is 144 Å². The van der Waals surface area contributed by atoms with E-state index < -0.39 is 0 Å². The second-order valence-electron chi connectivity index (χ2n) is 5.66. The standard InChI is InChI=1S/C19H17N5O/c25-19(15-7-1-2-8-16(15)23-12-5-6-13-23)20-11-10-18-22-21-17-9-3-4-14-24(17)18/h1-9,12-14H,10-11H2,(H,20,25). The zero-order chi connectivity index (χ0) is 17.1. The van der Waals surface area contributed by atoms with Gasteiger partial charge in [-0.1, -0.05) is 18.2 Å². The topological polar surface area (TPSA) is 64.2 Å². The minimum absolute atomic E-state index is 0.0990. The molecular formula is C19H17N5O. The zero-order valence-electron chi connectivity index (χ0n) is 13.5. The second kappa shape index (κ2) is 6.60. The SMILES string of the molecule is O=C(NCCc1nnc2ccccn12)c1ccccc1-n1cccc1. The fraction of sp³-hybridized carbons (Fsp3) is 0.105. The van der Waals surface area contributed by atoms with Crippen molar-refractivity contribution in [3.8, 4) is 5.69 Å². The van der Waals surface area contributed by atoms with Crippen molar-refractivity contribution >= 4 is 11.6 Å². The first kappa shape index (κ1) is 15.1. The summed E-state index contributed by atoms with van der Waals surface area (Å²) in [5, 5.41) is 11.3. The van der Waals surface area contributed by atoms with E-state index in [1.807, 2.05) is 82.2 Å². The average molecular weight is 331 g/mol. The van der Waals surface area contributed by atoms with E-state index in [1.54, 1.807) is 0 Å². The Balaban J connectivity index is 1.46. The van der Waals surface area contributed by atoms with Crippen LogP contribution in [0.25, 0.3) is 11.3 Å². The van der Waals surface area contributed by atoms with Crippen LogP contribution in [0.1, 0.15) is 16.2 Å². The highest BCUT2D eigenvalue weighted by molar-refractivity contribution is 5.97. The van der Waals surface area contributed by atoms with Gasteiger partial charge in [0.05, 0.1) is 11.3 Å². The lowest BCUT2D eigenvalue weighted by Crippen LogP contribution is -2.27. The van der Waals surface area contributed by atoms with Crippen molar-refractivity contribution in [3.05, 3.63) is 84.6 Å². The number of pyridine rings is 1. The molecule has 0 saturated carbocycles. The van der Waals surface area contributed by atoms with E-state index in [4.69, 9.17) is 0 Å². The van der Waals surface area contributed by atoms with E-state index in [2.05, 4.69) is 15.5 Å². The lowest BCUT2D eigenvalue weighted by molar-refractivity contribution is 0.0954. The average Bonchev–Trinajstić information content (AvgIpc) is 3.32. The summed E-state index contributed by atoms with van der Waals surface area (Å²) in [5.41, 5.74) is 2.31. The first-order valence-corrected chi connectivity index (χ1v) is 8.12. The van der Waals surface area contributed by atoms with Crippen LogP contribution in [0.5, 0.6) is 0 Å². The number of amides is 1. The summed E-state index contributed by atoms with van der Waals surface area (Å²) in [5.74, 6) is 0.729. The van der Waals surface area contributed by atoms with Gasteiger partial charge in [-0.3, -0.25) is 9.20 Å². The number of benzene rings is 1. The molecule has 0 fully saturated rings. The van der Waals surface area contributed by atoms with Crippen LogP contribution in [0, 0.1) is 0 Å². The highest BCUT2D eigenvalue weighted by atomic mass is 16.1. The van der Waals surface area contributed by atoms with Crippen molar-refractivity contribution in [1.29, 1.82) is 0 Å². The molecule has 1 amide bonds. The molecular weight excluding hydrogens is 314 g/mol. The number of rotatable bonds is 5. The predicted molar refractivity (Wildman–Crippen MR) is 94.8 cm³/mol. The summed E-state index contributed by atoms with van der Waals surface area (Å²) >= 11 is 0. The Kier molecular flexibility index (Phi) is 4.00. The molecule has 1 N–H and O–H groups in total. The Morgan fingerprint density at radius 3 is 2.56 bits per heavy atom. The van der Waals surface area contributed by atoms with Gasteiger partial charge in [-0.2, -0.15) is 0 Å². The summed E-state index contributed by atoms with van der Waals surface area (Å²) in [4.78, 5) is 12.6. The lowest BCUT2D eigenvalue weighted by atomic mass is 10.1. The Morgan fingerprint density at radius 2 is 1.68 bits per heavy atom. The maximum atomic E-state index is 12.6. The summed E-state index contributed by atoms with van der Waals surface area (Å²) < 4.78 is 3.86. The fourth-order valence-electron chi connectivity index (χ4n) is 2.83. The molecule has 0 aliphatic heterocycles. The predicted octanol–water partition coefficient (Wildman–Crippen LogP) is 2.49. The number of carbonyl (C=O) groups is 1. The molecule has 4 aromatic rings. The van der Waals surface area contributed by atoms with Crippen molar-refractivity contribution in [3.63, 3.8) is 0 Å². The molecule has 6 heteroatoms. The summed E-state index contributed by atoms with van der Waals surface area (Å²) in [6.07, 6.45) is 6.39. The molecule has 0 unspecified atom stereocenters. The third-order valence-electron chi connectivity index (χ3n) is 4.05. The maximum absolute atomic E-state index is 12.6. The Bertz CT molecular complexity index is 1000. The van der Waals surface area contributed by atoms with Gasteiger partial charge in [-0.15, -0.1) is 10.2 Å². The summed E-state index contributed by atoms with van der Waals surface area (Å²) in [7, 11) is 0. The molecule has 3 aromatic heterocycles. The van der Waals surface area contributed by atoms with Crippen molar-refractivity contribution in [2.45, 2.75) is 6.42 Å². The number of aromatic nitrogens is 4. The number of hydrogen-bond donors (Lipinski definition) is 1. The van der Waals surface area contributed by atoms with Crippen LogP contribution in [0.15, 0.2) is 73.2 Å². The Morgan fingerprint density at radius 1 is 0.920 bits per heavy atom. The van der Waals surface area contributed by atoms with Crippen LogP contribution in [0.4, 0.5) is 0 Å². The third kappa shape index (κ3) is 3.01. The molecule has 3 heterocycles. The van der Waals surface area contributed by atoms with Gasteiger partial charge < -0.3 is 9.88 Å². The first-order valence-electron chi connectivity index (χ1n) is 8.12. The van der Waals surface area contributed by atoms with E-state index in [1.165, 1.54) is 0 Å². The van der Waals surface area contributed by atoms with Crippen LogP contribution in [0.3, 0.4) is 0 Å². The van der Waals surface area contributed by atoms with Gasteiger partial charge in [-0.05, 0) is 36.4 Å². The quantitative estimate of drug-likeness (QED) is 0.611. The fourth-order valence-corrected chi connectivity index (χ4v) is 2.83.